The van der Waals surface area contributed by atoms with Gasteiger partial charge >= 0.3 is 0 Å². The Hall–Kier alpha value is -1.47. The van der Waals surface area contributed by atoms with Crippen LogP contribution in [0, 0.1) is 0 Å². The molecule has 0 aliphatic rings. The molecule has 1 aromatic heterocycles. The standard InChI is InChI=1S/C20H21Cl2N2O4PS/c1-3-27-29(28-4-2)14-24(18-8-7-15-6-5-9-23-20(15)13-18)30(25,26)19-11-16(21)10-17(22)12-19/h5-13H,3-4,14H2,1-2H3. The van der Waals surface area contributed by atoms with E-state index in [0.717, 1.165) is 5.39 Å². The van der Waals surface area contributed by atoms with Gasteiger partial charge in [-0.3, -0.25) is 9.29 Å². The third-order valence-corrected chi connectivity index (χ3v) is 8.08. The molecule has 0 atom stereocenters. The lowest BCUT2D eigenvalue weighted by atomic mass is 10.2. The van der Waals surface area contributed by atoms with E-state index in [-0.39, 0.29) is 21.2 Å². The van der Waals surface area contributed by atoms with E-state index >= 15 is 0 Å². The fourth-order valence-corrected chi connectivity index (χ4v) is 6.75. The molecule has 0 aliphatic carbocycles. The highest BCUT2D eigenvalue weighted by Crippen LogP contribution is 2.42. The summed E-state index contributed by atoms with van der Waals surface area (Å²) in [5.74, 6) is 0. The number of pyridine rings is 1. The fraction of sp³-hybridized carbons (Fsp3) is 0.250. The number of hydrogen-bond acceptors (Lipinski definition) is 5. The maximum atomic E-state index is 13.6. The van der Waals surface area contributed by atoms with E-state index in [0.29, 0.717) is 24.4 Å². The maximum absolute atomic E-state index is 13.6. The molecule has 0 N–H and O–H groups in total. The Labute approximate surface area is 187 Å². The summed E-state index contributed by atoms with van der Waals surface area (Å²) >= 11 is 12.1. The average Bonchev–Trinajstić information content (AvgIpc) is 2.71. The Morgan fingerprint density at radius 1 is 1.00 bits per heavy atom. The molecule has 0 bridgehead atoms. The zero-order valence-corrected chi connectivity index (χ0v) is 19.7. The number of hydrogen-bond donors (Lipinski definition) is 0. The van der Waals surface area contributed by atoms with Gasteiger partial charge in [-0.2, -0.15) is 0 Å². The molecule has 0 radical (unpaired) electrons. The van der Waals surface area contributed by atoms with Gasteiger partial charge in [0.15, 0.2) is 8.38 Å². The molecule has 0 saturated carbocycles. The molecule has 6 nitrogen and oxygen atoms in total. The minimum absolute atomic E-state index is 0.0101. The number of sulfonamides is 1. The number of aromatic nitrogens is 1. The molecular weight excluding hydrogens is 466 g/mol. The monoisotopic (exact) mass is 486 g/mol. The SMILES string of the molecule is CCOP(CN(c1ccc2cccnc2c1)S(=O)(=O)c1cc(Cl)cc(Cl)c1)OCC. The summed E-state index contributed by atoms with van der Waals surface area (Å²) in [6, 6.07) is 13.3. The molecule has 10 heteroatoms. The number of fused-ring (bicyclic) bond motifs is 1. The van der Waals surface area contributed by atoms with Gasteiger partial charge in [-0.1, -0.05) is 35.3 Å². The molecule has 2 aromatic carbocycles. The molecular formula is C20H21Cl2N2O4PS. The van der Waals surface area contributed by atoms with Crippen molar-refractivity contribution in [2.24, 2.45) is 0 Å². The van der Waals surface area contributed by atoms with Crippen LogP contribution in [-0.2, 0) is 19.1 Å². The Bertz CT molecular complexity index is 1100. The zero-order chi connectivity index (χ0) is 21.7. The van der Waals surface area contributed by atoms with Gasteiger partial charge in [-0.25, -0.2) is 8.42 Å². The largest absolute Gasteiger partial charge is 0.333 e. The second-order valence-electron chi connectivity index (χ2n) is 6.15. The van der Waals surface area contributed by atoms with E-state index in [2.05, 4.69) is 4.98 Å². The number of halogens is 2. The van der Waals surface area contributed by atoms with E-state index < -0.39 is 18.4 Å². The van der Waals surface area contributed by atoms with Crippen LogP contribution in [0.25, 0.3) is 10.9 Å². The number of anilines is 1. The number of nitrogens with zero attached hydrogens (tertiary/aromatic N) is 2. The second-order valence-corrected chi connectivity index (χ2v) is 10.3. The number of benzene rings is 2. The third kappa shape index (κ3) is 5.41. The van der Waals surface area contributed by atoms with Gasteiger partial charge in [0, 0.05) is 21.6 Å². The summed E-state index contributed by atoms with van der Waals surface area (Å²) in [6.07, 6.45) is 1.68. The van der Waals surface area contributed by atoms with Crippen LogP contribution in [0.1, 0.15) is 13.8 Å². The van der Waals surface area contributed by atoms with Crippen molar-refractivity contribution in [3.05, 3.63) is 64.8 Å². The normalized spacial score (nSPS) is 11.9. The van der Waals surface area contributed by atoms with Crippen LogP contribution < -0.4 is 4.31 Å². The van der Waals surface area contributed by atoms with Crippen molar-refractivity contribution in [1.82, 2.24) is 4.98 Å². The van der Waals surface area contributed by atoms with Gasteiger partial charge in [0.1, 0.15) is 6.29 Å². The molecule has 0 unspecified atom stereocenters. The summed E-state index contributed by atoms with van der Waals surface area (Å²) in [6.45, 7) is 4.48. The van der Waals surface area contributed by atoms with Gasteiger partial charge in [0.25, 0.3) is 10.0 Å². The van der Waals surface area contributed by atoms with Gasteiger partial charge < -0.3 is 9.05 Å². The molecule has 1 heterocycles. The van der Waals surface area contributed by atoms with Gasteiger partial charge in [0.2, 0.25) is 0 Å². The Morgan fingerprint density at radius 3 is 2.30 bits per heavy atom. The Kier molecular flexibility index (Phi) is 7.91. The molecule has 0 fully saturated rings. The van der Waals surface area contributed by atoms with Crippen LogP contribution >= 0.6 is 31.6 Å². The predicted octanol–water partition coefficient (Wildman–Crippen LogP) is 6.08. The quantitative estimate of drug-likeness (QED) is 0.342. The van der Waals surface area contributed by atoms with Crippen LogP contribution in [0.5, 0.6) is 0 Å². The van der Waals surface area contributed by atoms with Crippen molar-refractivity contribution in [3.63, 3.8) is 0 Å². The van der Waals surface area contributed by atoms with E-state index in [1.165, 1.54) is 22.5 Å². The summed E-state index contributed by atoms with van der Waals surface area (Å²) in [7, 11) is -5.48. The first kappa shape index (κ1) is 23.2. The first-order valence-corrected chi connectivity index (χ1v) is 12.8. The van der Waals surface area contributed by atoms with E-state index in [4.69, 9.17) is 32.2 Å². The van der Waals surface area contributed by atoms with E-state index in [1.54, 1.807) is 18.3 Å². The molecule has 0 saturated heterocycles. The Morgan fingerprint density at radius 2 is 1.67 bits per heavy atom. The minimum Gasteiger partial charge on any atom is -0.333 e. The molecule has 3 aromatic rings. The summed E-state index contributed by atoms with van der Waals surface area (Å²) in [4.78, 5) is 4.33. The second kappa shape index (κ2) is 10.2. The van der Waals surface area contributed by atoms with Crippen LogP contribution in [0.2, 0.25) is 10.0 Å². The topological polar surface area (TPSA) is 68.7 Å². The first-order chi connectivity index (χ1) is 14.3. The van der Waals surface area contributed by atoms with Crippen LogP contribution in [0.3, 0.4) is 0 Å². The smallest absolute Gasteiger partial charge is 0.264 e. The lowest BCUT2D eigenvalue weighted by Gasteiger charge is -2.28. The van der Waals surface area contributed by atoms with Crippen molar-refractivity contribution in [3.8, 4) is 0 Å². The zero-order valence-electron chi connectivity index (χ0n) is 16.5. The van der Waals surface area contributed by atoms with Crippen LogP contribution in [0.15, 0.2) is 59.6 Å². The average molecular weight is 487 g/mol. The first-order valence-electron chi connectivity index (χ1n) is 9.22. The summed E-state index contributed by atoms with van der Waals surface area (Å²) in [5, 5.41) is 1.37. The highest BCUT2D eigenvalue weighted by atomic mass is 35.5. The van der Waals surface area contributed by atoms with Gasteiger partial charge in [-0.05, 0) is 50.2 Å². The maximum Gasteiger partial charge on any atom is 0.264 e. The molecule has 0 spiro atoms. The van der Waals surface area contributed by atoms with Gasteiger partial charge in [0.05, 0.1) is 29.3 Å². The fourth-order valence-electron chi connectivity index (χ4n) is 2.82. The van der Waals surface area contributed by atoms with Crippen molar-refractivity contribution in [2.75, 3.05) is 23.8 Å². The van der Waals surface area contributed by atoms with E-state index in [1.807, 2.05) is 32.0 Å². The van der Waals surface area contributed by atoms with Crippen LogP contribution in [-0.4, -0.2) is 32.9 Å². The lowest BCUT2D eigenvalue weighted by molar-refractivity contribution is 0.270. The molecule has 160 valence electrons. The van der Waals surface area contributed by atoms with Crippen LogP contribution in [0.4, 0.5) is 5.69 Å². The summed E-state index contributed by atoms with van der Waals surface area (Å²) < 4.78 is 39.8. The number of rotatable bonds is 9. The summed E-state index contributed by atoms with van der Waals surface area (Å²) in [5.41, 5.74) is 1.13. The van der Waals surface area contributed by atoms with Crippen molar-refractivity contribution in [1.29, 1.82) is 0 Å². The molecule has 3 rings (SSSR count). The minimum atomic E-state index is -4.01. The predicted molar refractivity (Wildman–Crippen MR) is 123 cm³/mol. The molecule has 0 aliphatic heterocycles. The highest BCUT2D eigenvalue weighted by molar-refractivity contribution is 7.93. The molecule has 30 heavy (non-hydrogen) atoms. The highest BCUT2D eigenvalue weighted by Gasteiger charge is 2.30. The third-order valence-electron chi connectivity index (χ3n) is 4.09. The van der Waals surface area contributed by atoms with Crippen molar-refractivity contribution >= 4 is 58.2 Å². The lowest BCUT2D eigenvalue weighted by Crippen LogP contribution is -2.32. The van der Waals surface area contributed by atoms with Crippen molar-refractivity contribution in [2.45, 2.75) is 18.7 Å². The van der Waals surface area contributed by atoms with Gasteiger partial charge in [-0.15, -0.1) is 0 Å². The molecule has 0 amide bonds. The Balaban J connectivity index is 2.12. The van der Waals surface area contributed by atoms with E-state index in [9.17, 15) is 8.42 Å². The van der Waals surface area contributed by atoms with Crippen molar-refractivity contribution < 1.29 is 17.5 Å².